The second kappa shape index (κ2) is 6.21. The molecule has 5 nitrogen and oxygen atoms in total. The van der Waals surface area contributed by atoms with Gasteiger partial charge in [0.2, 0.25) is 0 Å². The summed E-state index contributed by atoms with van der Waals surface area (Å²) in [5.74, 6) is 0.555. The zero-order valence-electron chi connectivity index (χ0n) is 14.8. The van der Waals surface area contributed by atoms with Crippen LogP contribution in [0.1, 0.15) is 29.2 Å². The van der Waals surface area contributed by atoms with E-state index < -0.39 is 0 Å². The van der Waals surface area contributed by atoms with Crippen molar-refractivity contribution in [3.05, 3.63) is 63.0 Å². The highest BCUT2D eigenvalue weighted by molar-refractivity contribution is 7.15. The van der Waals surface area contributed by atoms with Crippen molar-refractivity contribution in [3.63, 3.8) is 0 Å². The molecule has 2 atom stereocenters. The number of piperidine rings is 1. The molecule has 2 unspecified atom stereocenters. The van der Waals surface area contributed by atoms with Crippen molar-refractivity contribution >= 4 is 22.0 Å². The smallest absolute Gasteiger partial charge is 0.261 e. The first-order valence-corrected chi connectivity index (χ1v) is 10.1. The predicted molar refractivity (Wildman–Crippen MR) is 105 cm³/mol. The molecule has 0 aliphatic carbocycles. The largest absolute Gasteiger partial charge is 0.381 e. The van der Waals surface area contributed by atoms with Crippen LogP contribution in [0.3, 0.4) is 0 Å². The van der Waals surface area contributed by atoms with E-state index in [9.17, 15) is 4.79 Å². The Morgan fingerprint density at radius 1 is 1.35 bits per heavy atom. The van der Waals surface area contributed by atoms with Crippen molar-refractivity contribution in [3.8, 4) is 0 Å². The lowest BCUT2D eigenvalue weighted by Crippen LogP contribution is -2.43. The number of para-hydroxylation sites is 1. The van der Waals surface area contributed by atoms with E-state index in [1.54, 1.807) is 4.40 Å². The fraction of sp³-hybridized carbons (Fsp3) is 0.400. The van der Waals surface area contributed by atoms with Crippen molar-refractivity contribution in [1.82, 2.24) is 14.3 Å². The van der Waals surface area contributed by atoms with Crippen LogP contribution in [0.5, 0.6) is 0 Å². The van der Waals surface area contributed by atoms with Gasteiger partial charge in [-0.2, -0.15) is 0 Å². The Balaban J connectivity index is 1.33. The summed E-state index contributed by atoms with van der Waals surface area (Å²) < 4.78 is 1.68. The third kappa shape index (κ3) is 2.56. The lowest BCUT2D eigenvalue weighted by atomic mass is 9.89. The summed E-state index contributed by atoms with van der Waals surface area (Å²) in [6, 6.07) is 9.23. The molecule has 0 saturated carbocycles. The lowest BCUT2D eigenvalue weighted by molar-refractivity contribution is 0.204. The molecule has 2 aliphatic rings. The fourth-order valence-corrected chi connectivity index (χ4v) is 5.19. The first kappa shape index (κ1) is 16.0. The molecule has 1 N–H and O–H groups in total. The van der Waals surface area contributed by atoms with Gasteiger partial charge in [-0.25, -0.2) is 4.98 Å². The van der Waals surface area contributed by atoms with Gasteiger partial charge in [0.25, 0.3) is 5.56 Å². The maximum Gasteiger partial charge on any atom is 0.261 e. The quantitative estimate of drug-likeness (QED) is 0.774. The third-order valence-electron chi connectivity index (χ3n) is 5.84. The minimum Gasteiger partial charge on any atom is -0.381 e. The maximum atomic E-state index is 12.7. The summed E-state index contributed by atoms with van der Waals surface area (Å²) in [5.41, 5.74) is 4.56. The van der Waals surface area contributed by atoms with Crippen LogP contribution < -0.4 is 10.9 Å². The Kier molecular flexibility index (Phi) is 3.83. The minimum atomic E-state index is 0.0940. The number of aryl methyl sites for hydroxylation is 1. The number of hydrogen-bond donors (Lipinski definition) is 1. The van der Waals surface area contributed by atoms with Crippen LogP contribution in [0, 0.1) is 6.92 Å². The highest BCUT2D eigenvalue weighted by atomic mass is 32.1. The average molecular weight is 366 g/mol. The zero-order valence-corrected chi connectivity index (χ0v) is 15.6. The molecule has 0 spiro atoms. The third-order valence-corrected chi connectivity index (χ3v) is 6.60. The predicted octanol–water partition coefficient (Wildman–Crippen LogP) is 2.89. The van der Waals surface area contributed by atoms with E-state index in [0.717, 1.165) is 48.7 Å². The molecule has 0 amide bonds. The van der Waals surface area contributed by atoms with Crippen LogP contribution in [0.15, 0.2) is 40.6 Å². The van der Waals surface area contributed by atoms with Crippen molar-refractivity contribution in [2.45, 2.75) is 31.7 Å². The molecule has 1 aromatic carbocycles. The number of aromatic nitrogens is 2. The number of nitrogens with one attached hydrogen (secondary N) is 1. The molecule has 4 heterocycles. The number of thiazole rings is 1. The van der Waals surface area contributed by atoms with Crippen LogP contribution in [-0.4, -0.2) is 40.0 Å². The Hall–Kier alpha value is -2.18. The lowest BCUT2D eigenvalue weighted by Gasteiger charge is -2.35. The summed E-state index contributed by atoms with van der Waals surface area (Å²) in [4.78, 5) is 20.6. The standard InChI is InChI=1S/C20H22N4OS/c1-13-14(19(25)24-10-11-26-20(24)21-13)6-8-23-9-7-18-16(12-23)15-4-2-3-5-17(15)22-18/h2-5,10-11,16,18,22H,6-9,12H2,1H3. The monoisotopic (exact) mass is 366 g/mol. The molecule has 0 bridgehead atoms. The van der Waals surface area contributed by atoms with E-state index in [2.05, 4.69) is 39.5 Å². The molecule has 2 aliphatic heterocycles. The number of rotatable bonds is 3. The second-order valence-electron chi connectivity index (χ2n) is 7.32. The molecule has 1 saturated heterocycles. The van der Waals surface area contributed by atoms with E-state index in [-0.39, 0.29) is 5.56 Å². The van der Waals surface area contributed by atoms with E-state index >= 15 is 0 Å². The van der Waals surface area contributed by atoms with Crippen molar-refractivity contribution in [1.29, 1.82) is 0 Å². The number of nitrogens with zero attached hydrogens (tertiary/aromatic N) is 3. The van der Waals surface area contributed by atoms with Gasteiger partial charge in [0.05, 0.1) is 0 Å². The Labute approximate surface area is 156 Å². The minimum absolute atomic E-state index is 0.0940. The SMILES string of the molecule is Cc1nc2sccn2c(=O)c1CCN1CCC2Nc3ccccc3C2C1. The summed E-state index contributed by atoms with van der Waals surface area (Å²) in [6.45, 7) is 5.01. The number of hydrogen-bond acceptors (Lipinski definition) is 5. The first-order valence-electron chi connectivity index (χ1n) is 9.24. The van der Waals surface area contributed by atoms with Gasteiger partial charge in [0, 0.05) is 60.1 Å². The Bertz CT molecular complexity index is 1020. The van der Waals surface area contributed by atoms with Gasteiger partial charge in [-0.1, -0.05) is 18.2 Å². The topological polar surface area (TPSA) is 49.6 Å². The van der Waals surface area contributed by atoms with E-state index in [1.807, 2.05) is 18.5 Å². The summed E-state index contributed by atoms with van der Waals surface area (Å²) >= 11 is 1.51. The van der Waals surface area contributed by atoms with Gasteiger partial charge < -0.3 is 10.2 Å². The van der Waals surface area contributed by atoms with Gasteiger partial charge in [-0.05, 0) is 31.4 Å². The zero-order chi connectivity index (χ0) is 17.7. The van der Waals surface area contributed by atoms with Crippen molar-refractivity contribution < 1.29 is 0 Å². The van der Waals surface area contributed by atoms with Crippen LogP contribution in [0.2, 0.25) is 0 Å². The average Bonchev–Trinajstić information content (AvgIpc) is 3.25. The van der Waals surface area contributed by atoms with Gasteiger partial charge in [0.1, 0.15) is 0 Å². The number of likely N-dealkylation sites (tertiary alicyclic amines) is 1. The number of benzene rings is 1. The second-order valence-corrected chi connectivity index (χ2v) is 8.19. The highest BCUT2D eigenvalue weighted by Gasteiger charge is 2.36. The van der Waals surface area contributed by atoms with Crippen molar-refractivity contribution in [2.75, 3.05) is 25.0 Å². The van der Waals surface area contributed by atoms with Crippen LogP contribution in [0.25, 0.3) is 4.96 Å². The summed E-state index contributed by atoms with van der Waals surface area (Å²) in [6.07, 6.45) is 3.74. The Morgan fingerprint density at radius 2 is 2.23 bits per heavy atom. The van der Waals surface area contributed by atoms with Crippen LogP contribution >= 0.6 is 11.3 Å². The van der Waals surface area contributed by atoms with Gasteiger partial charge >= 0.3 is 0 Å². The normalized spacial score (nSPS) is 22.2. The molecule has 0 radical (unpaired) electrons. The number of anilines is 1. The first-order chi connectivity index (χ1) is 12.7. The molecule has 5 rings (SSSR count). The molecule has 6 heteroatoms. The molecule has 1 fully saturated rings. The van der Waals surface area contributed by atoms with Crippen molar-refractivity contribution in [2.24, 2.45) is 0 Å². The summed E-state index contributed by atoms with van der Waals surface area (Å²) in [5, 5.41) is 5.60. The van der Waals surface area contributed by atoms with E-state index in [4.69, 9.17) is 0 Å². The van der Waals surface area contributed by atoms with Crippen LogP contribution in [0.4, 0.5) is 5.69 Å². The number of fused-ring (bicyclic) bond motifs is 4. The van der Waals surface area contributed by atoms with E-state index in [1.165, 1.54) is 22.6 Å². The van der Waals surface area contributed by atoms with Gasteiger partial charge in [-0.15, -0.1) is 11.3 Å². The highest BCUT2D eigenvalue weighted by Crippen LogP contribution is 2.39. The molecule has 26 heavy (non-hydrogen) atoms. The molecule has 2 aromatic heterocycles. The van der Waals surface area contributed by atoms with Gasteiger partial charge in [0.15, 0.2) is 4.96 Å². The molecular formula is C20H22N4OS. The van der Waals surface area contributed by atoms with Gasteiger partial charge in [-0.3, -0.25) is 9.20 Å². The molecule has 134 valence electrons. The van der Waals surface area contributed by atoms with Crippen LogP contribution in [-0.2, 0) is 6.42 Å². The summed E-state index contributed by atoms with van der Waals surface area (Å²) in [7, 11) is 0. The maximum absolute atomic E-state index is 12.7. The molecular weight excluding hydrogens is 344 g/mol. The molecule has 3 aromatic rings. The Morgan fingerprint density at radius 3 is 3.15 bits per heavy atom. The fourth-order valence-electron chi connectivity index (χ4n) is 4.44. The van der Waals surface area contributed by atoms with E-state index in [0.29, 0.717) is 12.0 Å².